The third-order valence-electron chi connectivity index (χ3n) is 3.28. The van der Waals surface area contributed by atoms with Crippen LogP contribution in [0.4, 0.5) is 4.79 Å². The van der Waals surface area contributed by atoms with Crippen molar-refractivity contribution in [1.29, 1.82) is 0 Å². The quantitative estimate of drug-likeness (QED) is 0.917. The zero-order chi connectivity index (χ0) is 16.5. The molecule has 5 nitrogen and oxygen atoms in total. The lowest BCUT2D eigenvalue weighted by Crippen LogP contribution is -2.14. The second-order valence-electron chi connectivity index (χ2n) is 6.17. The van der Waals surface area contributed by atoms with E-state index in [9.17, 15) is 4.79 Å². The summed E-state index contributed by atoms with van der Waals surface area (Å²) in [6.45, 7) is 8.37. The van der Waals surface area contributed by atoms with Gasteiger partial charge in [0, 0.05) is 16.8 Å². The number of hydrogen-bond donors (Lipinski definition) is 1. The van der Waals surface area contributed by atoms with Gasteiger partial charge in [-0.2, -0.15) is 9.78 Å². The van der Waals surface area contributed by atoms with E-state index in [-0.39, 0.29) is 12.0 Å². The summed E-state index contributed by atoms with van der Waals surface area (Å²) in [6, 6.07) is 5.44. The number of rotatable bonds is 3. The van der Waals surface area contributed by atoms with E-state index >= 15 is 0 Å². The minimum absolute atomic E-state index is 0.118. The molecule has 0 unspecified atom stereocenters. The molecular weight excluding hydrogens is 304 g/mol. The first-order chi connectivity index (χ1) is 10.2. The van der Waals surface area contributed by atoms with Gasteiger partial charge in [0.15, 0.2) is 0 Å². The van der Waals surface area contributed by atoms with E-state index in [1.807, 2.05) is 19.1 Å². The minimum atomic E-state index is -1.12. The van der Waals surface area contributed by atoms with E-state index in [0.29, 0.717) is 10.7 Å². The molecule has 1 N–H and O–H groups in total. The molecule has 0 bridgehead atoms. The van der Waals surface area contributed by atoms with Crippen LogP contribution >= 0.6 is 11.6 Å². The van der Waals surface area contributed by atoms with Gasteiger partial charge in [0.05, 0.1) is 0 Å². The first kappa shape index (κ1) is 16.4. The van der Waals surface area contributed by atoms with Crippen LogP contribution in [0.25, 0.3) is 0 Å². The van der Waals surface area contributed by atoms with Crippen molar-refractivity contribution in [3.05, 3.63) is 46.2 Å². The number of benzene rings is 1. The second-order valence-corrected chi connectivity index (χ2v) is 6.58. The Kier molecular flexibility index (Phi) is 4.47. The predicted octanol–water partition coefficient (Wildman–Crippen LogP) is 4.25. The molecule has 1 heterocycles. The summed E-state index contributed by atoms with van der Waals surface area (Å²) in [7, 11) is 0. The van der Waals surface area contributed by atoms with Gasteiger partial charge in [0.25, 0.3) is 0 Å². The molecular formula is C16H19ClN2O3. The van der Waals surface area contributed by atoms with Crippen LogP contribution in [0.15, 0.2) is 24.4 Å². The Balaban J connectivity index is 2.24. The van der Waals surface area contributed by atoms with Gasteiger partial charge in [-0.3, -0.25) is 0 Å². The predicted molar refractivity (Wildman–Crippen MR) is 84.9 cm³/mol. The summed E-state index contributed by atoms with van der Waals surface area (Å²) in [6.07, 6.45) is 0.266. The molecule has 0 aliphatic carbocycles. The summed E-state index contributed by atoms with van der Waals surface area (Å²) >= 11 is 6.21. The van der Waals surface area contributed by atoms with Crippen LogP contribution in [-0.4, -0.2) is 21.0 Å². The van der Waals surface area contributed by atoms with Crippen LogP contribution in [0, 0.1) is 6.92 Å². The Morgan fingerprint density at radius 3 is 2.64 bits per heavy atom. The van der Waals surface area contributed by atoms with E-state index < -0.39 is 6.09 Å². The maximum atomic E-state index is 10.8. The van der Waals surface area contributed by atoms with Crippen molar-refractivity contribution >= 4 is 17.7 Å². The van der Waals surface area contributed by atoms with Crippen LogP contribution in [0.2, 0.25) is 5.02 Å². The van der Waals surface area contributed by atoms with Crippen molar-refractivity contribution in [2.75, 3.05) is 0 Å². The normalized spacial score (nSPS) is 11.5. The molecule has 0 saturated carbocycles. The van der Waals surface area contributed by atoms with Crippen molar-refractivity contribution in [1.82, 2.24) is 9.78 Å². The highest BCUT2D eigenvalue weighted by molar-refractivity contribution is 6.31. The highest BCUT2D eigenvalue weighted by Crippen LogP contribution is 2.35. The average Bonchev–Trinajstić information content (AvgIpc) is 2.87. The smallest absolute Gasteiger partial charge is 0.432 e. The summed E-state index contributed by atoms with van der Waals surface area (Å²) in [5.74, 6) is 0.735. The third-order valence-corrected chi connectivity index (χ3v) is 3.69. The molecule has 6 heteroatoms. The molecule has 0 radical (unpaired) electrons. The molecule has 0 amide bonds. The van der Waals surface area contributed by atoms with Gasteiger partial charge >= 0.3 is 6.09 Å². The number of halogens is 1. The number of nitrogens with zero attached hydrogens (tertiary/aromatic N) is 2. The van der Waals surface area contributed by atoms with Crippen LogP contribution in [0.1, 0.15) is 37.6 Å². The van der Waals surface area contributed by atoms with E-state index in [1.54, 1.807) is 6.07 Å². The number of aromatic nitrogens is 2. The Bertz CT molecular complexity index is 702. The summed E-state index contributed by atoms with van der Waals surface area (Å²) < 4.78 is 6.71. The van der Waals surface area contributed by atoms with Crippen molar-refractivity contribution < 1.29 is 14.6 Å². The van der Waals surface area contributed by atoms with Gasteiger partial charge in [-0.25, -0.2) is 4.79 Å². The zero-order valence-electron chi connectivity index (χ0n) is 13.1. The van der Waals surface area contributed by atoms with E-state index in [4.69, 9.17) is 21.4 Å². The van der Waals surface area contributed by atoms with Gasteiger partial charge in [-0.15, -0.1) is 0 Å². The van der Waals surface area contributed by atoms with Crippen LogP contribution in [0.3, 0.4) is 0 Å². The lowest BCUT2D eigenvalue weighted by Gasteiger charge is -2.23. The molecule has 0 atom stereocenters. The molecule has 1 aromatic carbocycles. The molecule has 0 saturated heterocycles. The largest absolute Gasteiger partial charge is 0.487 e. The molecule has 1 aromatic heterocycles. The van der Waals surface area contributed by atoms with E-state index in [2.05, 4.69) is 25.9 Å². The fourth-order valence-corrected chi connectivity index (χ4v) is 2.22. The fourth-order valence-electron chi connectivity index (χ4n) is 2.06. The van der Waals surface area contributed by atoms with Crippen molar-refractivity contribution in [3.63, 3.8) is 0 Å². The average molecular weight is 323 g/mol. The van der Waals surface area contributed by atoms with Gasteiger partial charge < -0.3 is 9.84 Å². The third kappa shape index (κ3) is 3.60. The molecule has 118 valence electrons. The number of carboxylic acid groups (broad SMARTS) is 1. The van der Waals surface area contributed by atoms with Gasteiger partial charge in [0.2, 0.25) is 0 Å². The summed E-state index contributed by atoms with van der Waals surface area (Å²) in [5.41, 5.74) is 2.36. The van der Waals surface area contributed by atoms with Crippen LogP contribution in [0.5, 0.6) is 5.75 Å². The van der Waals surface area contributed by atoms with Gasteiger partial charge in [0.1, 0.15) is 18.1 Å². The summed E-state index contributed by atoms with van der Waals surface area (Å²) in [4.78, 5) is 10.8. The van der Waals surface area contributed by atoms with E-state index in [1.165, 1.54) is 6.20 Å². The Hall–Kier alpha value is -2.01. The molecule has 2 aromatic rings. The molecule has 0 spiro atoms. The van der Waals surface area contributed by atoms with E-state index in [0.717, 1.165) is 21.6 Å². The SMILES string of the molecule is Cc1cc(OCc2ccn(C(=O)O)n2)c(C(C)(C)C)cc1Cl. The zero-order valence-corrected chi connectivity index (χ0v) is 13.8. The maximum Gasteiger partial charge on any atom is 0.432 e. The molecule has 22 heavy (non-hydrogen) atoms. The lowest BCUT2D eigenvalue weighted by atomic mass is 9.86. The summed E-state index contributed by atoms with van der Waals surface area (Å²) in [5, 5.41) is 13.5. The molecule has 0 fully saturated rings. The topological polar surface area (TPSA) is 64.3 Å². The number of carbonyl (C=O) groups is 1. The van der Waals surface area contributed by atoms with Gasteiger partial charge in [-0.1, -0.05) is 32.4 Å². The standard InChI is InChI=1S/C16H19ClN2O3/c1-10-7-14(12(8-13(10)17)16(2,3)4)22-9-11-5-6-19(18-11)15(20)21/h5-8H,9H2,1-4H3,(H,20,21). The Labute approximate surface area is 134 Å². The van der Waals surface area contributed by atoms with Crippen molar-refractivity contribution in [3.8, 4) is 5.75 Å². The number of aryl methyl sites for hydroxylation is 1. The van der Waals surface area contributed by atoms with Crippen molar-refractivity contribution in [2.45, 2.75) is 39.7 Å². The molecule has 2 rings (SSSR count). The second kappa shape index (κ2) is 6.01. The highest BCUT2D eigenvalue weighted by Gasteiger charge is 2.21. The number of ether oxygens (including phenoxy) is 1. The fraction of sp³-hybridized carbons (Fsp3) is 0.375. The molecule has 0 aliphatic heterocycles. The first-order valence-electron chi connectivity index (χ1n) is 6.90. The maximum absolute atomic E-state index is 10.8. The Morgan fingerprint density at radius 2 is 2.09 bits per heavy atom. The number of hydrogen-bond acceptors (Lipinski definition) is 3. The lowest BCUT2D eigenvalue weighted by molar-refractivity contribution is 0.192. The van der Waals surface area contributed by atoms with Crippen LogP contribution < -0.4 is 4.74 Å². The van der Waals surface area contributed by atoms with Crippen LogP contribution in [-0.2, 0) is 12.0 Å². The Morgan fingerprint density at radius 1 is 1.41 bits per heavy atom. The minimum Gasteiger partial charge on any atom is -0.487 e. The monoisotopic (exact) mass is 322 g/mol. The van der Waals surface area contributed by atoms with Gasteiger partial charge in [-0.05, 0) is 36.1 Å². The van der Waals surface area contributed by atoms with Crippen molar-refractivity contribution in [2.24, 2.45) is 0 Å². The first-order valence-corrected chi connectivity index (χ1v) is 7.27. The highest BCUT2D eigenvalue weighted by atomic mass is 35.5. The molecule has 0 aliphatic rings.